The number of hydrogen-bond acceptors (Lipinski definition) is 7. The van der Waals surface area contributed by atoms with Gasteiger partial charge in [0.1, 0.15) is 10.7 Å². The number of nitrogens with two attached hydrogens (primary N) is 2. The first-order chi connectivity index (χ1) is 12.0. The summed E-state index contributed by atoms with van der Waals surface area (Å²) < 4.78 is 0. The fourth-order valence-electron chi connectivity index (χ4n) is 2.62. The van der Waals surface area contributed by atoms with Crippen LogP contribution in [0.25, 0.3) is 0 Å². The third-order valence-electron chi connectivity index (χ3n) is 3.91. The molecule has 0 radical (unpaired) electrons. The second kappa shape index (κ2) is 7.49. The van der Waals surface area contributed by atoms with E-state index in [-0.39, 0.29) is 17.8 Å². The largest absolute Gasteiger partial charge is 0.382 e. The second-order valence-corrected chi connectivity index (χ2v) is 6.82. The Bertz CT molecular complexity index is 767. The van der Waals surface area contributed by atoms with E-state index in [1.165, 1.54) is 11.3 Å². The summed E-state index contributed by atoms with van der Waals surface area (Å²) in [5.41, 5.74) is 12.2. The van der Waals surface area contributed by atoms with Gasteiger partial charge in [0.05, 0.1) is 0 Å². The van der Waals surface area contributed by atoms with Crippen LogP contribution in [0.15, 0.2) is 24.3 Å². The van der Waals surface area contributed by atoms with Crippen molar-refractivity contribution in [3.63, 3.8) is 0 Å². The number of rotatable bonds is 5. The second-order valence-electron chi connectivity index (χ2n) is 5.82. The fourth-order valence-corrected chi connectivity index (χ4v) is 3.42. The molecule has 1 aliphatic rings. The Kier molecular flexibility index (Phi) is 5.15. The quantitative estimate of drug-likeness (QED) is 0.541. The van der Waals surface area contributed by atoms with E-state index in [4.69, 9.17) is 11.5 Å². The van der Waals surface area contributed by atoms with Crippen LogP contribution >= 0.6 is 11.3 Å². The molecule has 25 heavy (non-hydrogen) atoms. The summed E-state index contributed by atoms with van der Waals surface area (Å²) in [4.78, 5) is 28.1. The van der Waals surface area contributed by atoms with Crippen LogP contribution in [-0.2, 0) is 0 Å². The minimum Gasteiger partial charge on any atom is -0.382 e. The zero-order chi connectivity index (χ0) is 17.8. The maximum Gasteiger partial charge on any atom is 0.265 e. The molecule has 9 heteroatoms. The van der Waals surface area contributed by atoms with Crippen LogP contribution in [0.5, 0.6) is 0 Å². The number of primary amides is 1. The van der Waals surface area contributed by atoms with Gasteiger partial charge in [-0.15, -0.1) is 0 Å². The number of aromatic nitrogens is 1. The van der Waals surface area contributed by atoms with Crippen molar-refractivity contribution < 1.29 is 9.59 Å². The molecule has 1 aliphatic heterocycles. The number of hydrogen-bond donors (Lipinski definition) is 5. The van der Waals surface area contributed by atoms with E-state index in [9.17, 15) is 9.59 Å². The Morgan fingerprint density at radius 3 is 2.68 bits per heavy atom. The van der Waals surface area contributed by atoms with Crippen molar-refractivity contribution in [2.75, 3.05) is 24.1 Å². The predicted molar refractivity (Wildman–Crippen MR) is 98.1 cm³/mol. The van der Waals surface area contributed by atoms with E-state index in [1.807, 2.05) is 0 Å². The van der Waals surface area contributed by atoms with Crippen molar-refractivity contribution in [1.29, 1.82) is 0 Å². The van der Waals surface area contributed by atoms with E-state index >= 15 is 0 Å². The molecule has 2 amide bonds. The van der Waals surface area contributed by atoms with Gasteiger partial charge in [0.15, 0.2) is 5.13 Å². The van der Waals surface area contributed by atoms with Gasteiger partial charge in [-0.1, -0.05) is 11.3 Å². The molecule has 1 saturated heterocycles. The molecule has 1 aromatic carbocycles. The van der Waals surface area contributed by atoms with Gasteiger partial charge in [0.2, 0.25) is 5.91 Å². The van der Waals surface area contributed by atoms with E-state index in [0.29, 0.717) is 15.6 Å². The number of thiazole rings is 1. The molecule has 7 N–H and O–H groups in total. The van der Waals surface area contributed by atoms with E-state index in [2.05, 4.69) is 20.9 Å². The number of nitrogens with zero attached hydrogens (tertiary/aromatic N) is 1. The van der Waals surface area contributed by atoms with E-state index < -0.39 is 5.91 Å². The molecular weight excluding hydrogens is 340 g/mol. The van der Waals surface area contributed by atoms with Gasteiger partial charge in [0, 0.05) is 23.8 Å². The van der Waals surface area contributed by atoms with Crippen molar-refractivity contribution in [1.82, 2.24) is 15.6 Å². The van der Waals surface area contributed by atoms with Crippen molar-refractivity contribution in [3.8, 4) is 0 Å². The van der Waals surface area contributed by atoms with Crippen LogP contribution in [0.2, 0.25) is 0 Å². The molecule has 0 bridgehead atoms. The Labute approximate surface area is 149 Å². The van der Waals surface area contributed by atoms with Gasteiger partial charge in [-0.3, -0.25) is 9.59 Å². The molecule has 2 aromatic rings. The predicted octanol–water partition coefficient (Wildman–Crippen LogP) is 1.05. The Hall–Kier alpha value is -2.65. The van der Waals surface area contributed by atoms with Crippen molar-refractivity contribution in [3.05, 3.63) is 34.7 Å². The topological polar surface area (TPSA) is 135 Å². The number of amides is 2. The average molecular weight is 360 g/mol. The lowest BCUT2D eigenvalue weighted by atomic mass is 10.1. The summed E-state index contributed by atoms with van der Waals surface area (Å²) in [6, 6.07) is 6.77. The highest BCUT2D eigenvalue weighted by molar-refractivity contribution is 7.18. The first-order valence-corrected chi connectivity index (χ1v) is 8.79. The summed E-state index contributed by atoms with van der Waals surface area (Å²) in [5, 5.41) is 9.82. The molecule has 0 saturated carbocycles. The summed E-state index contributed by atoms with van der Waals surface area (Å²) in [6.07, 6.45) is 1.99. The fraction of sp³-hybridized carbons (Fsp3) is 0.312. The number of nitrogens with one attached hydrogen (secondary N) is 3. The van der Waals surface area contributed by atoms with Gasteiger partial charge in [0.25, 0.3) is 5.91 Å². The third kappa shape index (κ3) is 4.25. The number of carbonyl (C=O) groups excluding carboxylic acids is 2. The molecular formula is C16H20N6O2S. The van der Waals surface area contributed by atoms with Gasteiger partial charge in [-0.05, 0) is 43.7 Å². The van der Waals surface area contributed by atoms with Gasteiger partial charge < -0.3 is 27.4 Å². The standard InChI is InChI=1S/C16H20N6O2S/c17-13-12(15(24)20-11-2-1-7-19-8-11)25-16(22-13)21-10-5-3-9(4-6-10)14(18)23/h3-6,11,19H,1-2,7-8,17H2,(H2,18,23)(H,20,24)(H,21,22). The SMILES string of the molecule is NC(=O)c1ccc(Nc2nc(N)c(C(=O)NC3CCCNC3)s2)cc1. The Morgan fingerprint density at radius 2 is 2.04 bits per heavy atom. The number of benzene rings is 1. The minimum absolute atomic E-state index is 0.112. The third-order valence-corrected chi connectivity index (χ3v) is 4.90. The molecule has 1 aromatic heterocycles. The van der Waals surface area contributed by atoms with E-state index in [1.54, 1.807) is 24.3 Å². The maximum absolute atomic E-state index is 12.4. The highest BCUT2D eigenvalue weighted by Crippen LogP contribution is 2.28. The van der Waals surface area contributed by atoms with Gasteiger partial charge >= 0.3 is 0 Å². The molecule has 2 heterocycles. The molecule has 1 fully saturated rings. The van der Waals surface area contributed by atoms with E-state index in [0.717, 1.165) is 31.6 Å². The maximum atomic E-state index is 12.4. The Balaban J connectivity index is 1.66. The summed E-state index contributed by atoms with van der Waals surface area (Å²) in [7, 11) is 0. The summed E-state index contributed by atoms with van der Waals surface area (Å²) >= 11 is 1.19. The highest BCUT2D eigenvalue weighted by Gasteiger charge is 2.21. The highest BCUT2D eigenvalue weighted by atomic mass is 32.1. The normalized spacial score (nSPS) is 17.0. The number of piperidine rings is 1. The average Bonchev–Trinajstić information content (AvgIpc) is 2.96. The molecule has 1 unspecified atom stereocenters. The molecule has 0 aliphatic carbocycles. The van der Waals surface area contributed by atoms with Crippen molar-refractivity contribution >= 4 is 39.8 Å². The summed E-state index contributed by atoms with van der Waals surface area (Å²) in [5.74, 6) is -0.496. The van der Waals surface area contributed by atoms with Gasteiger partial charge in [-0.25, -0.2) is 4.98 Å². The molecule has 1 atom stereocenters. The van der Waals surface area contributed by atoms with Crippen LogP contribution in [0.4, 0.5) is 16.6 Å². The Morgan fingerprint density at radius 1 is 1.28 bits per heavy atom. The van der Waals surface area contributed by atoms with Crippen LogP contribution in [0.1, 0.15) is 32.9 Å². The molecule has 0 spiro atoms. The first-order valence-electron chi connectivity index (χ1n) is 7.97. The number of nitrogen functional groups attached to an aromatic ring is 1. The summed E-state index contributed by atoms with van der Waals surface area (Å²) in [6.45, 7) is 1.75. The number of anilines is 3. The van der Waals surface area contributed by atoms with Crippen LogP contribution in [0.3, 0.4) is 0 Å². The zero-order valence-electron chi connectivity index (χ0n) is 13.5. The monoisotopic (exact) mass is 360 g/mol. The minimum atomic E-state index is -0.485. The van der Waals surface area contributed by atoms with Crippen LogP contribution in [0, 0.1) is 0 Å². The van der Waals surface area contributed by atoms with Gasteiger partial charge in [-0.2, -0.15) is 0 Å². The molecule has 8 nitrogen and oxygen atoms in total. The van der Waals surface area contributed by atoms with Crippen molar-refractivity contribution in [2.24, 2.45) is 5.73 Å². The van der Waals surface area contributed by atoms with Crippen molar-refractivity contribution in [2.45, 2.75) is 18.9 Å². The smallest absolute Gasteiger partial charge is 0.265 e. The number of carbonyl (C=O) groups is 2. The van der Waals surface area contributed by atoms with Crippen LogP contribution in [-0.4, -0.2) is 35.9 Å². The first kappa shape index (κ1) is 17.2. The van der Waals surface area contributed by atoms with Crippen LogP contribution < -0.4 is 27.4 Å². The molecule has 132 valence electrons. The lowest BCUT2D eigenvalue weighted by molar-refractivity contribution is 0.0934. The molecule has 3 rings (SSSR count). The zero-order valence-corrected chi connectivity index (χ0v) is 14.4. The lowest BCUT2D eigenvalue weighted by Crippen LogP contribution is -2.45. The lowest BCUT2D eigenvalue weighted by Gasteiger charge is -2.23.